The molecule has 0 aliphatic carbocycles. The summed E-state index contributed by atoms with van der Waals surface area (Å²) < 4.78 is 5.64. The van der Waals surface area contributed by atoms with E-state index in [1.807, 2.05) is 30.3 Å². The summed E-state index contributed by atoms with van der Waals surface area (Å²) in [5.74, 6) is 0.536. The third-order valence-corrected chi connectivity index (χ3v) is 5.17. The Bertz CT molecular complexity index is 804. The van der Waals surface area contributed by atoms with E-state index in [-0.39, 0.29) is 5.91 Å². The van der Waals surface area contributed by atoms with E-state index in [1.165, 1.54) is 0 Å². The van der Waals surface area contributed by atoms with E-state index in [9.17, 15) is 4.79 Å². The van der Waals surface area contributed by atoms with Crippen LogP contribution in [0.2, 0.25) is 5.02 Å². The number of benzene rings is 2. The summed E-state index contributed by atoms with van der Waals surface area (Å²) in [6, 6.07) is 12.9. The summed E-state index contributed by atoms with van der Waals surface area (Å²) in [6.07, 6.45) is 0.924. The highest BCUT2D eigenvalue weighted by Gasteiger charge is 2.20. The minimum atomic E-state index is -0.169. The average Bonchev–Trinajstić information content (AvgIpc) is 2.73. The average molecular weight is 402 g/mol. The van der Waals surface area contributed by atoms with Crippen LogP contribution in [0.3, 0.4) is 0 Å². The van der Waals surface area contributed by atoms with Crippen molar-refractivity contribution in [3.63, 3.8) is 0 Å². The van der Waals surface area contributed by atoms with Gasteiger partial charge in [-0.3, -0.25) is 4.79 Å². The Morgan fingerprint density at radius 1 is 1.11 bits per heavy atom. The van der Waals surface area contributed by atoms with Crippen LogP contribution in [0.4, 0.5) is 11.4 Å². The minimum Gasteiger partial charge on any atom is -0.494 e. The van der Waals surface area contributed by atoms with Gasteiger partial charge < -0.3 is 19.9 Å². The molecule has 2 aromatic rings. The maximum absolute atomic E-state index is 12.8. The number of likely N-dealkylation sites (N-methyl/N-ethyl adjacent to an activating group) is 1. The summed E-state index contributed by atoms with van der Waals surface area (Å²) in [7, 11) is 0. The predicted octanol–water partition coefficient (Wildman–Crippen LogP) is 4.52. The zero-order valence-corrected chi connectivity index (χ0v) is 17.3. The molecular formula is C22H28ClN3O2. The molecule has 0 saturated carbocycles. The molecule has 1 heterocycles. The van der Waals surface area contributed by atoms with Gasteiger partial charge in [-0.25, -0.2) is 0 Å². The van der Waals surface area contributed by atoms with Crippen molar-refractivity contribution >= 4 is 28.9 Å². The number of nitrogens with zero attached hydrogens (tertiary/aromatic N) is 2. The van der Waals surface area contributed by atoms with Gasteiger partial charge in [-0.15, -0.1) is 0 Å². The monoisotopic (exact) mass is 401 g/mol. The van der Waals surface area contributed by atoms with Gasteiger partial charge >= 0.3 is 0 Å². The van der Waals surface area contributed by atoms with Crippen LogP contribution in [0, 0.1) is 0 Å². The molecular weight excluding hydrogens is 374 g/mol. The lowest BCUT2D eigenvalue weighted by Gasteiger charge is -2.36. The molecule has 0 aromatic heterocycles. The number of piperazine rings is 1. The van der Waals surface area contributed by atoms with Gasteiger partial charge in [0.15, 0.2) is 0 Å². The number of nitrogens with one attached hydrogen (secondary N) is 1. The highest BCUT2D eigenvalue weighted by atomic mass is 35.5. The van der Waals surface area contributed by atoms with Gasteiger partial charge in [0, 0.05) is 36.8 Å². The Balaban J connectivity index is 1.76. The van der Waals surface area contributed by atoms with Gasteiger partial charge in [0.05, 0.1) is 18.0 Å². The normalized spacial score (nSPS) is 14.8. The molecule has 150 valence electrons. The standard InChI is InChI=1S/C22H28ClN3O2/c1-3-14-28-19-7-5-6-17(15-19)22(27)24-20-16-18(23)8-9-21(20)26-12-10-25(4-2)11-13-26/h5-9,15-16H,3-4,10-14H2,1-2H3,(H,24,27). The summed E-state index contributed by atoms with van der Waals surface area (Å²) in [6.45, 7) is 9.82. The lowest BCUT2D eigenvalue weighted by Crippen LogP contribution is -2.46. The number of rotatable bonds is 7. The first-order valence-electron chi connectivity index (χ1n) is 9.91. The highest BCUT2D eigenvalue weighted by Crippen LogP contribution is 2.30. The molecule has 0 spiro atoms. The number of amides is 1. The molecule has 0 bridgehead atoms. The summed E-state index contributed by atoms with van der Waals surface area (Å²) in [5.41, 5.74) is 2.31. The molecule has 28 heavy (non-hydrogen) atoms. The van der Waals surface area contributed by atoms with E-state index < -0.39 is 0 Å². The van der Waals surface area contributed by atoms with Crippen LogP contribution in [-0.2, 0) is 0 Å². The first kappa shape index (κ1) is 20.5. The van der Waals surface area contributed by atoms with Crippen LogP contribution in [0.15, 0.2) is 42.5 Å². The predicted molar refractivity (Wildman–Crippen MR) is 116 cm³/mol. The molecule has 0 unspecified atom stereocenters. The van der Waals surface area contributed by atoms with Crippen LogP contribution in [0.1, 0.15) is 30.6 Å². The molecule has 1 fully saturated rings. The molecule has 1 saturated heterocycles. The van der Waals surface area contributed by atoms with Crippen LogP contribution < -0.4 is 15.0 Å². The van der Waals surface area contributed by atoms with Gasteiger partial charge in [0.25, 0.3) is 5.91 Å². The van der Waals surface area contributed by atoms with Gasteiger partial charge in [-0.05, 0) is 49.4 Å². The minimum absolute atomic E-state index is 0.169. The number of halogens is 1. The van der Waals surface area contributed by atoms with Gasteiger partial charge in [0.2, 0.25) is 0 Å². The third kappa shape index (κ3) is 5.18. The zero-order valence-electron chi connectivity index (χ0n) is 16.6. The number of hydrogen-bond donors (Lipinski definition) is 1. The lowest BCUT2D eigenvalue weighted by atomic mass is 10.1. The van der Waals surface area contributed by atoms with E-state index in [0.717, 1.165) is 50.5 Å². The molecule has 1 aliphatic rings. The van der Waals surface area contributed by atoms with Crippen molar-refractivity contribution in [3.05, 3.63) is 53.1 Å². The molecule has 1 aliphatic heterocycles. The highest BCUT2D eigenvalue weighted by molar-refractivity contribution is 6.31. The first-order chi connectivity index (χ1) is 13.6. The van der Waals surface area contributed by atoms with Gasteiger partial charge in [-0.1, -0.05) is 31.5 Å². The van der Waals surface area contributed by atoms with Crippen molar-refractivity contribution in [1.82, 2.24) is 4.90 Å². The fraction of sp³-hybridized carbons (Fsp3) is 0.409. The Hall–Kier alpha value is -2.24. The molecule has 0 radical (unpaired) electrons. The second-order valence-corrected chi connectivity index (χ2v) is 7.35. The molecule has 1 N–H and O–H groups in total. The molecule has 3 rings (SSSR count). The van der Waals surface area contributed by atoms with Crippen LogP contribution in [-0.4, -0.2) is 50.1 Å². The van der Waals surface area contributed by atoms with Crippen molar-refractivity contribution in [2.24, 2.45) is 0 Å². The number of anilines is 2. The molecule has 1 amide bonds. The number of ether oxygens (including phenoxy) is 1. The fourth-order valence-electron chi connectivity index (χ4n) is 3.33. The maximum atomic E-state index is 12.8. The van der Waals surface area contributed by atoms with E-state index >= 15 is 0 Å². The smallest absolute Gasteiger partial charge is 0.255 e. The second-order valence-electron chi connectivity index (χ2n) is 6.91. The Morgan fingerprint density at radius 3 is 2.61 bits per heavy atom. The topological polar surface area (TPSA) is 44.8 Å². The van der Waals surface area contributed by atoms with Crippen molar-refractivity contribution < 1.29 is 9.53 Å². The SMILES string of the molecule is CCCOc1cccc(C(=O)Nc2cc(Cl)ccc2N2CCN(CC)CC2)c1. The van der Waals surface area contributed by atoms with E-state index in [1.54, 1.807) is 12.1 Å². The zero-order chi connectivity index (χ0) is 19.9. The lowest BCUT2D eigenvalue weighted by molar-refractivity contribution is 0.102. The number of carbonyl (C=O) groups excluding carboxylic acids is 1. The summed E-state index contributed by atoms with van der Waals surface area (Å²) in [5, 5.41) is 3.64. The van der Waals surface area contributed by atoms with E-state index in [0.29, 0.717) is 22.9 Å². The quantitative estimate of drug-likeness (QED) is 0.740. The molecule has 6 heteroatoms. The van der Waals surface area contributed by atoms with Crippen molar-refractivity contribution in [3.8, 4) is 5.75 Å². The third-order valence-electron chi connectivity index (χ3n) is 4.94. The molecule has 0 atom stereocenters. The molecule has 2 aromatic carbocycles. The van der Waals surface area contributed by atoms with Crippen LogP contribution >= 0.6 is 11.6 Å². The Morgan fingerprint density at radius 2 is 1.89 bits per heavy atom. The van der Waals surface area contributed by atoms with Gasteiger partial charge in [-0.2, -0.15) is 0 Å². The fourth-order valence-corrected chi connectivity index (χ4v) is 3.50. The van der Waals surface area contributed by atoms with E-state index in [4.69, 9.17) is 16.3 Å². The number of hydrogen-bond acceptors (Lipinski definition) is 4. The van der Waals surface area contributed by atoms with Crippen molar-refractivity contribution in [2.45, 2.75) is 20.3 Å². The Labute approximate surface area is 172 Å². The Kier molecular flexibility index (Phi) is 7.18. The van der Waals surface area contributed by atoms with Gasteiger partial charge in [0.1, 0.15) is 5.75 Å². The van der Waals surface area contributed by atoms with Crippen LogP contribution in [0.25, 0.3) is 0 Å². The van der Waals surface area contributed by atoms with Crippen molar-refractivity contribution in [1.29, 1.82) is 0 Å². The number of carbonyl (C=O) groups is 1. The van der Waals surface area contributed by atoms with Crippen LogP contribution in [0.5, 0.6) is 5.75 Å². The second kappa shape index (κ2) is 9.80. The molecule has 5 nitrogen and oxygen atoms in total. The summed E-state index contributed by atoms with van der Waals surface area (Å²) >= 11 is 6.22. The van der Waals surface area contributed by atoms with Crippen molar-refractivity contribution in [2.75, 3.05) is 49.5 Å². The largest absolute Gasteiger partial charge is 0.494 e. The summed E-state index contributed by atoms with van der Waals surface area (Å²) in [4.78, 5) is 17.6. The first-order valence-corrected chi connectivity index (χ1v) is 10.3. The maximum Gasteiger partial charge on any atom is 0.255 e. The van der Waals surface area contributed by atoms with E-state index in [2.05, 4.69) is 29.0 Å².